The number of fused-ring (bicyclic) bond motifs is 1. The Labute approximate surface area is 238 Å². The fourth-order valence-corrected chi connectivity index (χ4v) is 6.24. The first-order valence-electron chi connectivity index (χ1n) is 12.6. The zero-order chi connectivity index (χ0) is 28.1. The monoisotopic (exact) mass is 571 g/mol. The Balaban J connectivity index is 1.72. The van der Waals surface area contributed by atoms with E-state index < -0.39 is 12.0 Å². The van der Waals surface area contributed by atoms with E-state index in [-0.39, 0.29) is 18.8 Å². The van der Waals surface area contributed by atoms with E-state index in [9.17, 15) is 9.59 Å². The summed E-state index contributed by atoms with van der Waals surface area (Å²) >= 11 is 2.72. The number of thiazole rings is 1. The molecule has 2 aromatic heterocycles. The van der Waals surface area contributed by atoms with Gasteiger partial charge in [0, 0.05) is 10.4 Å². The van der Waals surface area contributed by atoms with E-state index >= 15 is 0 Å². The molecule has 4 aromatic rings. The van der Waals surface area contributed by atoms with Crippen LogP contribution in [0.2, 0.25) is 0 Å². The number of ether oxygens (including phenoxy) is 3. The lowest BCUT2D eigenvalue weighted by molar-refractivity contribution is -0.138. The standard InChI is InChI=1S/C30H25N3O5S2/c1-3-36-22-17-19(12-13-21(22)38-15-14-31)18-24-28(34)33-27(23-11-8-16-39-23)25(29(35)37-4-2)26(32-30(33)40-24)20-9-6-5-7-10-20/h5-13,16-18,27H,3-4,15H2,1-2H3/b24-18-/t27-/m0/s1. The van der Waals surface area contributed by atoms with Crippen LogP contribution in [0.3, 0.4) is 0 Å². The normalized spacial score (nSPS) is 14.7. The third-order valence-corrected chi connectivity index (χ3v) is 7.95. The fourth-order valence-electron chi connectivity index (χ4n) is 4.42. The molecular weight excluding hydrogens is 546 g/mol. The zero-order valence-electron chi connectivity index (χ0n) is 21.8. The number of carbonyl (C=O) groups excluding carboxylic acids is 1. The predicted octanol–water partition coefficient (Wildman–Crippen LogP) is 4.30. The quantitative estimate of drug-likeness (QED) is 0.278. The summed E-state index contributed by atoms with van der Waals surface area (Å²) in [6.07, 6.45) is 1.77. The van der Waals surface area contributed by atoms with Crippen LogP contribution in [-0.2, 0) is 9.53 Å². The van der Waals surface area contributed by atoms with Gasteiger partial charge in [0.05, 0.1) is 29.0 Å². The smallest absolute Gasteiger partial charge is 0.338 e. The van der Waals surface area contributed by atoms with E-state index in [1.54, 1.807) is 35.8 Å². The average molecular weight is 572 g/mol. The van der Waals surface area contributed by atoms with Crippen molar-refractivity contribution in [2.24, 2.45) is 4.99 Å². The molecule has 1 atom stereocenters. The van der Waals surface area contributed by atoms with Crippen LogP contribution in [0.5, 0.6) is 11.5 Å². The molecule has 1 aliphatic rings. The highest BCUT2D eigenvalue weighted by Gasteiger charge is 2.35. The minimum atomic E-state index is -0.687. The number of benzene rings is 2. The molecular formula is C30H25N3O5S2. The second kappa shape index (κ2) is 12.2. The third kappa shape index (κ3) is 5.34. The number of nitriles is 1. The van der Waals surface area contributed by atoms with Crippen molar-refractivity contribution in [2.45, 2.75) is 19.9 Å². The summed E-state index contributed by atoms with van der Waals surface area (Å²) in [5.41, 5.74) is 2.03. The van der Waals surface area contributed by atoms with Crippen LogP contribution in [0.25, 0.3) is 11.8 Å². The Morgan fingerprint density at radius 2 is 1.90 bits per heavy atom. The molecule has 1 aliphatic heterocycles. The average Bonchev–Trinajstić information content (AvgIpc) is 3.61. The summed E-state index contributed by atoms with van der Waals surface area (Å²) in [5, 5.41) is 10.8. The second-order valence-corrected chi connectivity index (χ2v) is 10.5. The van der Waals surface area contributed by atoms with Crippen LogP contribution in [0, 0.1) is 11.3 Å². The summed E-state index contributed by atoms with van der Waals surface area (Å²) in [6.45, 7) is 4.11. The highest BCUT2D eigenvalue weighted by Crippen LogP contribution is 2.37. The van der Waals surface area contributed by atoms with Crippen LogP contribution < -0.4 is 24.4 Å². The first kappa shape index (κ1) is 27.1. The zero-order valence-corrected chi connectivity index (χ0v) is 23.5. The molecule has 0 radical (unpaired) electrons. The van der Waals surface area contributed by atoms with Crippen molar-refractivity contribution >= 4 is 40.4 Å². The summed E-state index contributed by atoms with van der Waals surface area (Å²) in [5.74, 6) is 0.421. The molecule has 202 valence electrons. The highest BCUT2D eigenvalue weighted by atomic mass is 32.1. The van der Waals surface area contributed by atoms with Crippen LogP contribution in [0.15, 0.2) is 81.4 Å². The van der Waals surface area contributed by atoms with Crippen molar-refractivity contribution < 1.29 is 19.0 Å². The van der Waals surface area contributed by atoms with Gasteiger partial charge in [0.15, 0.2) is 22.9 Å². The van der Waals surface area contributed by atoms with Gasteiger partial charge >= 0.3 is 5.97 Å². The second-order valence-electron chi connectivity index (χ2n) is 8.53. The van der Waals surface area contributed by atoms with Crippen molar-refractivity contribution in [3.05, 3.63) is 107 Å². The molecule has 0 saturated carbocycles. The number of nitrogens with zero attached hydrogens (tertiary/aromatic N) is 3. The Morgan fingerprint density at radius 1 is 1.07 bits per heavy atom. The Morgan fingerprint density at radius 3 is 2.60 bits per heavy atom. The van der Waals surface area contributed by atoms with Gasteiger partial charge in [-0.05, 0) is 49.1 Å². The van der Waals surface area contributed by atoms with E-state index in [4.69, 9.17) is 24.5 Å². The van der Waals surface area contributed by atoms with Gasteiger partial charge < -0.3 is 14.2 Å². The molecule has 0 spiro atoms. The lowest BCUT2D eigenvalue weighted by Gasteiger charge is -2.24. The maximum Gasteiger partial charge on any atom is 0.338 e. The van der Waals surface area contributed by atoms with Crippen molar-refractivity contribution in [3.63, 3.8) is 0 Å². The van der Waals surface area contributed by atoms with Gasteiger partial charge in [-0.2, -0.15) is 5.26 Å². The van der Waals surface area contributed by atoms with Gasteiger partial charge in [-0.1, -0.05) is 53.8 Å². The molecule has 8 nitrogen and oxygen atoms in total. The minimum Gasteiger partial charge on any atom is -0.490 e. The largest absolute Gasteiger partial charge is 0.490 e. The first-order chi connectivity index (χ1) is 19.5. The lowest BCUT2D eigenvalue weighted by atomic mass is 9.97. The molecule has 0 bridgehead atoms. The predicted molar refractivity (Wildman–Crippen MR) is 154 cm³/mol. The molecule has 40 heavy (non-hydrogen) atoms. The number of thiophene rings is 1. The molecule has 0 N–H and O–H groups in total. The van der Waals surface area contributed by atoms with Crippen molar-refractivity contribution in [1.29, 1.82) is 5.26 Å². The van der Waals surface area contributed by atoms with Gasteiger partial charge in [-0.25, -0.2) is 9.79 Å². The first-order valence-corrected chi connectivity index (χ1v) is 14.3. The number of aromatic nitrogens is 1. The van der Waals surface area contributed by atoms with Gasteiger partial charge in [-0.3, -0.25) is 9.36 Å². The van der Waals surface area contributed by atoms with Gasteiger partial charge in [0.1, 0.15) is 12.1 Å². The molecule has 5 rings (SSSR count). The SMILES string of the molecule is CCOC(=O)C1=C(c2ccccc2)N=c2s/c(=C\c3ccc(OCC#N)c(OCC)c3)c(=O)n2[C@H]1c1cccs1. The van der Waals surface area contributed by atoms with E-state index in [0.29, 0.717) is 38.7 Å². The molecule has 0 fully saturated rings. The molecule has 0 unspecified atom stereocenters. The van der Waals surface area contributed by atoms with Gasteiger partial charge in [0.2, 0.25) is 0 Å². The fraction of sp³-hybridized carbons (Fsp3) is 0.200. The van der Waals surface area contributed by atoms with Crippen LogP contribution in [-0.4, -0.2) is 30.4 Å². The van der Waals surface area contributed by atoms with E-state index in [0.717, 1.165) is 16.0 Å². The number of rotatable bonds is 9. The third-order valence-electron chi connectivity index (χ3n) is 6.04. The molecule has 10 heteroatoms. The molecule has 0 amide bonds. The molecule has 2 aromatic carbocycles. The Kier molecular flexibility index (Phi) is 8.24. The number of hydrogen-bond acceptors (Lipinski definition) is 9. The maximum absolute atomic E-state index is 13.9. The topological polar surface area (TPSA) is 103 Å². The summed E-state index contributed by atoms with van der Waals surface area (Å²) in [6, 6.07) is 19.8. The molecule has 3 heterocycles. The Bertz CT molecular complexity index is 1780. The summed E-state index contributed by atoms with van der Waals surface area (Å²) in [4.78, 5) is 33.5. The number of esters is 1. The number of carbonyl (C=O) groups is 1. The minimum absolute atomic E-state index is 0.104. The van der Waals surface area contributed by atoms with E-state index in [2.05, 4.69) is 0 Å². The van der Waals surface area contributed by atoms with Gasteiger partial charge in [0.25, 0.3) is 5.56 Å². The van der Waals surface area contributed by atoms with E-state index in [1.807, 2.05) is 60.8 Å². The Hall–Kier alpha value is -4.46. The molecule has 0 saturated heterocycles. The van der Waals surface area contributed by atoms with Crippen LogP contribution in [0.4, 0.5) is 0 Å². The summed E-state index contributed by atoms with van der Waals surface area (Å²) < 4.78 is 18.7. The maximum atomic E-state index is 13.9. The molecule has 0 aliphatic carbocycles. The van der Waals surface area contributed by atoms with Crippen LogP contribution in [0.1, 0.15) is 35.9 Å². The summed E-state index contributed by atoms with van der Waals surface area (Å²) in [7, 11) is 0. The van der Waals surface area contributed by atoms with Crippen molar-refractivity contribution in [2.75, 3.05) is 19.8 Å². The van der Waals surface area contributed by atoms with Crippen molar-refractivity contribution in [1.82, 2.24) is 4.57 Å². The number of hydrogen-bond donors (Lipinski definition) is 0. The highest BCUT2D eigenvalue weighted by molar-refractivity contribution is 7.10. The van der Waals surface area contributed by atoms with E-state index in [1.165, 1.54) is 22.7 Å². The van der Waals surface area contributed by atoms with Crippen molar-refractivity contribution in [3.8, 4) is 17.6 Å². The van der Waals surface area contributed by atoms with Gasteiger partial charge in [-0.15, -0.1) is 11.3 Å². The lowest BCUT2D eigenvalue weighted by Crippen LogP contribution is -2.39. The van der Waals surface area contributed by atoms with Crippen LogP contribution >= 0.6 is 22.7 Å².